The van der Waals surface area contributed by atoms with Crippen molar-refractivity contribution in [2.45, 2.75) is 0 Å². The molecule has 0 aromatic heterocycles. The third-order valence-corrected chi connectivity index (χ3v) is 0. The van der Waals surface area contributed by atoms with Crippen molar-refractivity contribution >= 4 is 45.5 Å². The quantitative estimate of drug-likeness (QED) is 0.272. The van der Waals surface area contributed by atoms with E-state index < -0.39 is 42.1 Å². The Kier molecular flexibility index (Phi) is 26.2. The number of halogens is 2. The molecule has 52 valence electrons. The van der Waals surface area contributed by atoms with Crippen molar-refractivity contribution in [2.24, 2.45) is 0 Å². The monoisotopic (exact) mass is 438 g/mol. The molecule has 6 nitrogen and oxygen atoms in total. The van der Waals surface area contributed by atoms with Gasteiger partial charge in [0, 0.05) is 0 Å². The smallest absolute Gasteiger partial charge is 0.427 e. The zero-order chi connectivity index (χ0) is 7.15. The van der Waals surface area contributed by atoms with Gasteiger partial charge in [0.2, 0.25) is 0 Å². The van der Waals surface area contributed by atoms with Gasteiger partial charge in [0.25, 0.3) is 42.1 Å². The van der Waals surface area contributed by atoms with Crippen LogP contribution in [-0.2, 0) is 0 Å². The van der Waals surface area contributed by atoms with E-state index >= 15 is 0 Å². The predicted molar refractivity (Wildman–Crippen MR) is 5.75 cm³/mol. The topological polar surface area (TPSA) is 138 Å². The summed E-state index contributed by atoms with van der Waals surface area (Å²) in [5.41, 5.74) is 0. The minimum atomic E-state index is -4.01. The molecule has 0 N–H and O–H groups in total. The fourth-order valence-electron chi connectivity index (χ4n) is 0. The summed E-state index contributed by atoms with van der Waals surface area (Å²) in [6.45, 7) is 0. The van der Waals surface area contributed by atoms with Crippen LogP contribution in [0.2, 0.25) is 0 Å². The third kappa shape index (κ3) is 111. The molecule has 0 rings (SSSR count). The molecule has 0 heterocycles. The van der Waals surface area contributed by atoms with Crippen molar-refractivity contribution in [1.29, 1.82) is 0 Å². The van der Waals surface area contributed by atoms with Gasteiger partial charge in [-0.3, -0.25) is 0 Å². The van der Waals surface area contributed by atoms with E-state index in [1.807, 2.05) is 0 Å². The summed E-state index contributed by atoms with van der Waals surface area (Å²) >= 11 is -8.03. The first kappa shape index (κ1) is 17.7. The van der Waals surface area contributed by atoms with Gasteiger partial charge >= 0.3 is 45.5 Å². The van der Waals surface area contributed by atoms with Gasteiger partial charge in [-0.05, 0) is 0 Å². The van der Waals surface area contributed by atoms with Gasteiger partial charge in [-0.25, -0.2) is 0 Å². The maximum absolute atomic E-state index is 8.57. The SMILES string of the molecule is [O-][I+2]([O-])[O-].[O-][I+2]([O-])[O-].[Sr+2]. The van der Waals surface area contributed by atoms with Crippen molar-refractivity contribution in [1.82, 2.24) is 0 Å². The van der Waals surface area contributed by atoms with Gasteiger partial charge in [0.1, 0.15) is 0 Å². The Labute approximate surface area is 106 Å². The van der Waals surface area contributed by atoms with E-state index in [2.05, 4.69) is 0 Å². The average Bonchev–Trinajstić information content (AvgIpc) is 1.25. The van der Waals surface area contributed by atoms with Gasteiger partial charge in [-0.15, -0.1) is 0 Å². The zero-order valence-corrected chi connectivity index (χ0v) is 11.7. The van der Waals surface area contributed by atoms with Crippen molar-refractivity contribution in [2.75, 3.05) is 0 Å². The molecule has 0 saturated heterocycles. The summed E-state index contributed by atoms with van der Waals surface area (Å²) in [5.74, 6) is 0. The van der Waals surface area contributed by atoms with Crippen LogP contribution in [0.1, 0.15) is 0 Å². The van der Waals surface area contributed by atoms with Gasteiger partial charge in [0.15, 0.2) is 0 Å². The van der Waals surface area contributed by atoms with Crippen LogP contribution in [0.3, 0.4) is 0 Å². The van der Waals surface area contributed by atoms with E-state index in [0.717, 1.165) is 0 Å². The molecular weight excluding hydrogens is 437 g/mol. The second-order valence-corrected chi connectivity index (χ2v) is 2.54. The van der Waals surface area contributed by atoms with E-state index in [4.69, 9.17) is 20.6 Å². The Morgan fingerprint density at radius 1 is 0.556 bits per heavy atom. The molecule has 0 saturated carbocycles. The van der Waals surface area contributed by atoms with Crippen molar-refractivity contribution < 1.29 is 62.7 Å². The third-order valence-electron chi connectivity index (χ3n) is 0. The maximum Gasteiger partial charge on any atom is 2.00 e. The van der Waals surface area contributed by atoms with Crippen LogP contribution in [-0.4, -0.2) is 45.5 Å². The normalized spacial score (nSPS) is 8.00. The standard InChI is InChI=1S/2IO3.Sr/c2*2-1(3)4;/q2*-1;+2. The zero-order valence-electron chi connectivity index (χ0n) is 3.91. The Bertz CT molecular complexity index is 26.5. The molecule has 0 atom stereocenters. The van der Waals surface area contributed by atoms with Crippen LogP contribution in [0, 0.1) is 0 Å². The summed E-state index contributed by atoms with van der Waals surface area (Å²) in [6.07, 6.45) is 0. The number of hydrogen-bond donors (Lipinski definition) is 0. The molecule has 0 aliphatic heterocycles. The second-order valence-electron chi connectivity index (χ2n) is 0.378. The molecule has 0 amide bonds. The fraction of sp³-hybridized carbons (Fsp3) is 0. The van der Waals surface area contributed by atoms with E-state index in [1.54, 1.807) is 0 Å². The molecule has 0 aromatic carbocycles. The van der Waals surface area contributed by atoms with E-state index in [0.29, 0.717) is 0 Å². The first-order chi connectivity index (χ1) is 3.46. The molecule has 0 fully saturated rings. The van der Waals surface area contributed by atoms with Gasteiger partial charge in [-0.2, -0.15) is 0 Å². The van der Waals surface area contributed by atoms with Crippen LogP contribution < -0.4 is 62.7 Å². The predicted octanol–water partition coefficient (Wildman–Crippen LogP) is -13.5. The fourth-order valence-corrected chi connectivity index (χ4v) is 0. The second kappa shape index (κ2) is 13.3. The van der Waals surface area contributed by atoms with E-state index in [9.17, 15) is 0 Å². The molecule has 9 heteroatoms. The van der Waals surface area contributed by atoms with Crippen molar-refractivity contribution in [3.8, 4) is 0 Å². The summed E-state index contributed by atoms with van der Waals surface area (Å²) in [7, 11) is 0. The Balaban J connectivity index is -0.0000000720. The molecule has 0 aliphatic carbocycles. The minimum Gasteiger partial charge on any atom is -0.427 e. The molecule has 0 spiro atoms. The summed E-state index contributed by atoms with van der Waals surface area (Å²) in [5, 5.41) is 0. The Morgan fingerprint density at radius 3 is 0.556 bits per heavy atom. The summed E-state index contributed by atoms with van der Waals surface area (Å²) in [6, 6.07) is 0. The van der Waals surface area contributed by atoms with Gasteiger partial charge in [-0.1, -0.05) is 0 Å². The van der Waals surface area contributed by atoms with E-state index in [-0.39, 0.29) is 45.5 Å². The van der Waals surface area contributed by atoms with Crippen LogP contribution in [0.15, 0.2) is 0 Å². The minimum absolute atomic E-state index is 0. The molecule has 0 unspecified atom stereocenters. The molecule has 0 aromatic rings. The first-order valence-electron chi connectivity index (χ1n) is 0.926. The first-order valence-corrected chi connectivity index (χ1v) is 6.21. The van der Waals surface area contributed by atoms with Crippen molar-refractivity contribution in [3.05, 3.63) is 0 Å². The number of hydrogen-bond acceptors (Lipinski definition) is 6. The summed E-state index contributed by atoms with van der Waals surface area (Å²) < 4.78 is 51.4. The van der Waals surface area contributed by atoms with E-state index in [1.165, 1.54) is 0 Å². The molecular formula is I2O6Sr. The van der Waals surface area contributed by atoms with Crippen molar-refractivity contribution in [3.63, 3.8) is 0 Å². The number of rotatable bonds is 0. The van der Waals surface area contributed by atoms with Crippen LogP contribution >= 0.6 is 0 Å². The largest absolute Gasteiger partial charge is 2.00 e. The Hall–Kier alpha value is 2.70. The van der Waals surface area contributed by atoms with Crippen LogP contribution in [0.4, 0.5) is 0 Å². The van der Waals surface area contributed by atoms with Crippen LogP contribution in [0.5, 0.6) is 0 Å². The molecule has 0 radical (unpaired) electrons. The molecule has 0 aliphatic rings. The molecule has 9 heavy (non-hydrogen) atoms. The average molecular weight is 437 g/mol. The van der Waals surface area contributed by atoms with Crippen LogP contribution in [0.25, 0.3) is 0 Å². The molecule has 0 bridgehead atoms. The van der Waals surface area contributed by atoms with Gasteiger partial charge < -0.3 is 20.6 Å². The maximum atomic E-state index is 8.57. The Morgan fingerprint density at radius 2 is 0.556 bits per heavy atom. The summed E-state index contributed by atoms with van der Waals surface area (Å²) in [4.78, 5) is 0. The van der Waals surface area contributed by atoms with Gasteiger partial charge in [0.05, 0.1) is 0 Å².